The molecule has 0 spiro atoms. The Balaban J connectivity index is 2.04. The maximum absolute atomic E-state index is 12.1. The highest BCUT2D eigenvalue weighted by Crippen LogP contribution is 2.17. The van der Waals surface area contributed by atoms with Crippen molar-refractivity contribution in [2.75, 3.05) is 0 Å². The van der Waals surface area contributed by atoms with Gasteiger partial charge in [-0.1, -0.05) is 34.1 Å². The maximum atomic E-state index is 12.1. The van der Waals surface area contributed by atoms with Gasteiger partial charge in [0, 0.05) is 16.2 Å². The molecule has 20 heavy (non-hydrogen) atoms. The molecule has 98 valence electrons. The van der Waals surface area contributed by atoms with Crippen LogP contribution in [0, 0.1) is 0 Å². The Labute approximate surface area is 122 Å². The van der Waals surface area contributed by atoms with E-state index >= 15 is 0 Å². The third-order valence-corrected chi connectivity index (χ3v) is 3.25. The lowest BCUT2D eigenvalue weighted by molar-refractivity contribution is 0.954. The minimum atomic E-state index is -0.289. The van der Waals surface area contributed by atoms with E-state index in [2.05, 4.69) is 36.1 Å². The molecule has 0 fully saturated rings. The van der Waals surface area contributed by atoms with E-state index in [1.807, 2.05) is 30.3 Å². The van der Waals surface area contributed by atoms with E-state index in [1.54, 1.807) is 18.3 Å². The Morgan fingerprint density at radius 1 is 1.00 bits per heavy atom. The van der Waals surface area contributed by atoms with Gasteiger partial charge in [-0.2, -0.15) is 0 Å². The van der Waals surface area contributed by atoms with Gasteiger partial charge in [-0.15, -0.1) is 10.2 Å². The molecule has 0 radical (unpaired) electrons. The fraction of sp³-hybridized carbons (Fsp3) is 0. The van der Waals surface area contributed by atoms with Gasteiger partial charge in [0.25, 0.3) is 5.56 Å². The molecule has 3 aromatic rings. The first kappa shape index (κ1) is 12.7. The number of halogens is 1. The number of aromatic nitrogens is 4. The minimum Gasteiger partial charge on any atom is -0.302 e. The molecule has 0 bridgehead atoms. The highest BCUT2D eigenvalue weighted by molar-refractivity contribution is 9.10. The summed E-state index contributed by atoms with van der Waals surface area (Å²) in [7, 11) is 0. The van der Waals surface area contributed by atoms with Crippen LogP contribution in [0.4, 0.5) is 0 Å². The van der Waals surface area contributed by atoms with E-state index < -0.39 is 0 Å². The van der Waals surface area contributed by atoms with Crippen LogP contribution in [0.1, 0.15) is 0 Å². The van der Waals surface area contributed by atoms with E-state index in [-0.39, 0.29) is 11.3 Å². The Bertz CT molecular complexity index is 784. The van der Waals surface area contributed by atoms with Crippen molar-refractivity contribution >= 4 is 15.9 Å². The molecule has 3 rings (SSSR count). The molecule has 0 aliphatic carbocycles. The monoisotopic (exact) mass is 328 g/mol. The number of hydrogen-bond donors (Lipinski definition) is 1. The van der Waals surface area contributed by atoms with E-state index in [1.165, 1.54) is 0 Å². The van der Waals surface area contributed by atoms with Crippen molar-refractivity contribution in [1.29, 1.82) is 0 Å². The molecule has 2 heterocycles. The Kier molecular flexibility index (Phi) is 3.39. The molecule has 0 amide bonds. The lowest BCUT2D eigenvalue weighted by atomic mass is 10.2. The SMILES string of the molecule is O=c1[nH]c(-c2ccccn2)nnc1-c1ccc(Br)cc1. The number of aromatic amines is 1. The molecule has 0 aliphatic heterocycles. The van der Waals surface area contributed by atoms with Gasteiger partial charge in [-0.3, -0.25) is 9.78 Å². The average Bonchev–Trinajstić information content (AvgIpc) is 2.49. The quantitative estimate of drug-likeness (QED) is 0.785. The molecule has 0 unspecified atom stereocenters. The lowest BCUT2D eigenvalue weighted by Gasteiger charge is -2.02. The molecule has 6 heteroatoms. The zero-order valence-electron chi connectivity index (χ0n) is 10.2. The summed E-state index contributed by atoms with van der Waals surface area (Å²) in [6.07, 6.45) is 1.64. The van der Waals surface area contributed by atoms with Crippen LogP contribution in [0.25, 0.3) is 22.8 Å². The van der Waals surface area contributed by atoms with Gasteiger partial charge in [0.1, 0.15) is 5.69 Å². The largest absolute Gasteiger partial charge is 0.302 e. The summed E-state index contributed by atoms with van der Waals surface area (Å²) in [4.78, 5) is 18.9. The highest BCUT2D eigenvalue weighted by Gasteiger charge is 2.09. The van der Waals surface area contributed by atoms with E-state index in [9.17, 15) is 4.79 Å². The number of nitrogens with one attached hydrogen (secondary N) is 1. The summed E-state index contributed by atoms with van der Waals surface area (Å²) in [5, 5.41) is 8.03. The number of nitrogens with zero attached hydrogens (tertiary/aromatic N) is 3. The predicted octanol–water partition coefficient (Wildman–Crippen LogP) is 2.66. The number of benzene rings is 1. The fourth-order valence-corrected chi connectivity index (χ4v) is 2.02. The molecule has 2 aromatic heterocycles. The summed E-state index contributed by atoms with van der Waals surface area (Å²) in [6.45, 7) is 0. The van der Waals surface area contributed by atoms with Crippen molar-refractivity contribution in [2.24, 2.45) is 0 Å². The van der Waals surface area contributed by atoms with Crippen LogP contribution in [0.2, 0.25) is 0 Å². The van der Waals surface area contributed by atoms with Crippen LogP contribution in [0.15, 0.2) is 57.9 Å². The normalized spacial score (nSPS) is 10.4. The zero-order chi connectivity index (χ0) is 13.9. The van der Waals surface area contributed by atoms with Gasteiger partial charge in [0.05, 0.1) is 0 Å². The van der Waals surface area contributed by atoms with Gasteiger partial charge >= 0.3 is 0 Å². The van der Waals surface area contributed by atoms with Crippen LogP contribution in [-0.2, 0) is 0 Å². The van der Waals surface area contributed by atoms with Crippen molar-refractivity contribution in [3.63, 3.8) is 0 Å². The Morgan fingerprint density at radius 3 is 2.45 bits per heavy atom. The maximum Gasteiger partial charge on any atom is 0.278 e. The average molecular weight is 329 g/mol. The summed E-state index contributed by atoms with van der Waals surface area (Å²) in [6, 6.07) is 12.7. The van der Waals surface area contributed by atoms with Crippen molar-refractivity contribution in [1.82, 2.24) is 20.2 Å². The number of H-pyrrole nitrogens is 1. The van der Waals surface area contributed by atoms with Crippen molar-refractivity contribution in [3.8, 4) is 22.8 Å². The summed E-state index contributed by atoms with van der Waals surface area (Å²) in [5.41, 5.74) is 1.30. The zero-order valence-corrected chi connectivity index (χ0v) is 11.8. The van der Waals surface area contributed by atoms with Gasteiger partial charge in [-0.25, -0.2) is 0 Å². The smallest absolute Gasteiger partial charge is 0.278 e. The second kappa shape index (κ2) is 5.34. The molecule has 1 aromatic carbocycles. The van der Waals surface area contributed by atoms with Gasteiger partial charge in [0.15, 0.2) is 11.5 Å². The third-order valence-electron chi connectivity index (χ3n) is 2.72. The van der Waals surface area contributed by atoms with Crippen LogP contribution >= 0.6 is 15.9 Å². The predicted molar refractivity (Wildman–Crippen MR) is 79.0 cm³/mol. The Morgan fingerprint density at radius 2 is 1.80 bits per heavy atom. The number of hydrogen-bond acceptors (Lipinski definition) is 4. The van der Waals surface area contributed by atoms with Crippen LogP contribution in [0.5, 0.6) is 0 Å². The second-order valence-corrected chi connectivity index (χ2v) is 4.99. The van der Waals surface area contributed by atoms with E-state index in [4.69, 9.17) is 0 Å². The topological polar surface area (TPSA) is 71.5 Å². The van der Waals surface area contributed by atoms with Crippen molar-refractivity contribution in [3.05, 3.63) is 63.5 Å². The van der Waals surface area contributed by atoms with E-state index in [0.29, 0.717) is 11.5 Å². The number of pyridine rings is 1. The summed E-state index contributed by atoms with van der Waals surface area (Å²) >= 11 is 3.35. The van der Waals surface area contributed by atoms with E-state index in [0.717, 1.165) is 10.0 Å². The standard InChI is InChI=1S/C14H9BrN4O/c15-10-6-4-9(5-7-10)12-14(20)17-13(19-18-12)11-3-1-2-8-16-11/h1-8H,(H,17,19,20). The van der Waals surface area contributed by atoms with Gasteiger partial charge < -0.3 is 4.98 Å². The van der Waals surface area contributed by atoms with Crippen molar-refractivity contribution in [2.45, 2.75) is 0 Å². The molecular weight excluding hydrogens is 320 g/mol. The second-order valence-electron chi connectivity index (χ2n) is 4.07. The third kappa shape index (κ3) is 2.50. The number of rotatable bonds is 2. The Hall–Kier alpha value is -2.34. The molecule has 0 aliphatic rings. The molecule has 0 saturated carbocycles. The van der Waals surface area contributed by atoms with Gasteiger partial charge in [-0.05, 0) is 24.3 Å². The summed E-state index contributed by atoms with van der Waals surface area (Å²) in [5.74, 6) is 0.358. The van der Waals surface area contributed by atoms with Crippen LogP contribution in [-0.4, -0.2) is 20.2 Å². The molecule has 1 N–H and O–H groups in total. The highest BCUT2D eigenvalue weighted by atomic mass is 79.9. The molecule has 0 saturated heterocycles. The first-order valence-electron chi connectivity index (χ1n) is 5.88. The molecular formula is C14H9BrN4O. The molecule has 5 nitrogen and oxygen atoms in total. The first-order valence-corrected chi connectivity index (χ1v) is 6.68. The van der Waals surface area contributed by atoms with Gasteiger partial charge in [0.2, 0.25) is 0 Å². The van der Waals surface area contributed by atoms with Crippen molar-refractivity contribution < 1.29 is 0 Å². The van der Waals surface area contributed by atoms with Crippen LogP contribution in [0.3, 0.4) is 0 Å². The lowest BCUT2D eigenvalue weighted by Crippen LogP contribution is -2.14. The van der Waals surface area contributed by atoms with Crippen LogP contribution < -0.4 is 5.56 Å². The summed E-state index contributed by atoms with van der Waals surface area (Å²) < 4.78 is 0.941. The molecule has 0 atom stereocenters. The fourth-order valence-electron chi connectivity index (χ4n) is 1.75. The first-order chi connectivity index (χ1) is 9.74. The minimum absolute atomic E-state index is 0.289.